The standard InChI is InChI=1S/C19H17Cl2N3OS/c1-13-23-16(12-26-13)9-19(25)24(11-15-4-2-3-7-22-15)10-14-5-6-17(20)18(21)8-14/h2-8,12H,9-11H2,1H3. The number of hydrogen-bond donors (Lipinski definition) is 0. The van der Waals surface area contributed by atoms with E-state index in [1.54, 1.807) is 34.6 Å². The number of thiazole rings is 1. The Morgan fingerprint density at radius 1 is 1.12 bits per heavy atom. The van der Waals surface area contributed by atoms with Crippen LogP contribution in [0.3, 0.4) is 0 Å². The Kier molecular flexibility index (Phi) is 6.25. The van der Waals surface area contributed by atoms with Crippen LogP contribution >= 0.6 is 34.5 Å². The zero-order chi connectivity index (χ0) is 18.5. The van der Waals surface area contributed by atoms with Crippen molar-refractivity contribution >= 4 is 40.4 Å². The second kappa shape index (κ2) is 8.62. The molecule has 0 bridgehead atoms. The Morgan fingerprint density at radius 2 is 1.96 bits per heavy atom. The molecule has 0 N–H and O–H groups in total. The highest BCUT2D eigenvalue weighted by Gasteiger charge is 2.17. The third kappa shape index (κ3) is 5.04. The van der Waals surface area contributed by atoms with Gasteiger partial charge in [0.1, 0.15) is 0 Å². The Morgan fingerprint density at radius 3 is 2.62 bits per heavy atom. The van der Waals surface area contributed by atoms with Gasteiger partial charge < -0.3 is 4.90 Å². The van der Waals surface area contributed by atoms with Crippen molar-refractivity contribution in [2.24, 2.45) is 0 Å². The molecule has 2 aromatic heterocycles. The van der Waals surface area contributed by atoms with Crippen molar-refractivity contribution < 1.29 is 4.79 Å². The van der Waals surface area contributed by atoms with Gasteiger partial charge in [0, 0.05) is 18.1 Å². The van der Waals surface area contributed by atoms with Gasteiger partial charge in [-0.05, 0) is 36.8 Å². The van der Waals surface area contributed by atoms with Crippen LogP contribution in [0, 0.1) is 6.92 Å². The maximum atomic E-state index is 12.9. The molecule has 0 fully saturated rings. The van der Waals surface area contributed by atoms with Gasteiger partial charge in [0.25, 0.3) is 0 Å². The molecule has 0 aliphatic rings. The second-order valence-corrected chi connectivity index (χ2v) is 7.73. The maximum absolute atomic E-state index is 12.9. The molecular formula is C19H17Cl2N3OS. The van der Waals surface area contributed by atoms with Crippen molar-refractivity contribution in [1.82, 2.24) is 14.9 Å². The zero-order valence-electron chi connectivity index (χ0n) is 14.2. The lowest BCUT2D eigenvalue weighted by Gasteiger charge is -2.22. The molecule has 3 rings (SSSR count). The summed E-state index contributed by atoms with van der Waals surface area (Å²) < 4.78 is 0. The average Bonchev–Trinajstić information content (AvgIpc) is 3.03. The molecule has 1 amide bonds. The molecule has 7 heteroatoms. The fourth-order valence-corrected chi connectivity index (χ4v) is 3.47. The van der Waals surface area contributed by atoms with Crippen molar-refractivity contribution in [1.29, 1.82) is 0 Å². The summed E-state index contributed by atoms with van der Waals surface area (Å²) in [5, 5.41) is 3.85. The molecule has 0 saturated carbocycles. The molecule has 0 saturated heterocycles. The normalized spacial score (nSPS) is 10.7. The molecular weight excluding hydrogens is 389 g/mol. The maximum Gasteiger partial charge on any atom is 0.229 e. The van der Waals surface area contributed by atoms with Crippen molar-refractivity contribution in [2.75, 3.05) is 0 Å². The Balaban J connectivity index is 1.80. The fraction of sp³-hybridized carbons (Fsp3) is 0.211. The van der Waals surface area contributed by atoms with E-state index in [0.29, 0.717) is 23.1 Å². The van der Waals surface area contributed by atoms with Gasteiger partial charge in [0.2, 0.25) is 5.91 Å². The summed E-state index contributed by atoms with van der Waals surface area (Å²) in [5.74, 6) is -0.00738. The van der Waals surface area contributed by atoms with Crippen LogP contribution in [0.25, 0.3) is 0 Å². The summed E-state index contributed by atoms with van der Waals surface area (Å²) in [6.45, 7) is 2.78. The van der Waals surface area contributed by atoms with Crippen LogP contribution in [0.4, 0.5) is 0 Å². The number of aryl methyl sites for hydroxylation is 1. The molecule has 0 radical (unpaired) electrons. The van der Waals surface area contributed by atoms with Crippen molar-refractivity contribution in [3.05, 3.63) is 80.0 Å². The molecule has 0 aliphatic heterocycles. The van der Waals surface area contributed by atoms with Crippen LogP contribution < -0.4 is 0 Å². The lowest BCUT2D eigenvalue weighted by molar-refractivity contribution is -0.131. The van der Waals surface area contributed by atoms with Crippen molar-refractivity contribution in [2.45, 2.75) is 26.4 Å². The van der Waals surface area contributed by atoms with Crippen LogP contribution in [0.15, 0.2) is 48.0 Å². The van der Waals surface area contributed by atoms with E-state index in [9.17, 15) is 4.79 Å². The third-order valence-corrected chi connectivity index (χ3v) is 5.35. The van der Waals surface area contributed by atoms with Gasteiger partial charge in [-0.3, -0.25) is 9.78 Å². The highest BCUT2D eigenvalue weighted by molar-refractivity contribution is 7.09. The number of benzene rings is 1. The minimum absolute atomic E-state index is 0.00738. The van der Waals surface area contributed by atoms with Crippen LogP contribution in [0.1, 0.15) is 22.0 Å². The average molecular weight is 406 g/mol. The minimum atomic E-state index is -0.00738. The van der Waals surface area contributed by atoms with Gasteiger partial charge in [-0.2, -0.15) is 0 Å². The van der Waals surface area contributed by atoms with E-state index in [1.807, 2.05) is 36.6 Å². The number of aromatic nitrogens is 2. The van der Waals surface area contributed by atoms with Gasteiger partial charge in [-0.25, -0.2) is 4.98 Å². The van der Waals surface area contributed by atoms with Gasteiger partial charge in [0.05, 0.1) is 39.4 Å². The number of nitrogens with zero attached hydrogens (tertiary/aromatic N) is 3. The zero-order valence-corrected chi connectivity index (χ0v) is 16.5. The van der Waals surface area contributed by atoms with E-state index >= 15 is 0 Å². The van der Waals surface area contributed by atoms with Gasteiger partial charge in [-0.1, -0.05) is 35.3 Å². The van der Waals surface area contributed by atoms with Crippen LogP contribution in [-0.2, 0) is 24.3 Å². The summed E-state index contributed by atoms with van der Waals surface area (Å²) in [6.07, 6.45) is 1.99. The number of carbonyl (C=O) groups excluding carboxylic acids is 1. The van der Waals surface area contributed by atoms with Gasteiger partial charge in [-0.15, -0.1) is 11.3 Å². The highest BCUT2D eigenvalue weighted by atomic mass is 35.5. The Hall–Kier alpha value is -1.95. The number of amides is 1. The first-order valence-electron chi connectivity index (χ1n) is 8.04. The summed E-state index contributed by atoms with van der Waals surface area (Å²) in [4.78, 5) is 23.4. The van der Waals surface area contributed by atoms with Gasteiger partial charge in [0.15, 0.2) is 0 Å². The van der Waals surface area contributed by atoms with E-state index in [1.165, 1.54) is 0 Å². The predicted molar refractivity (Wildman–Crippen MR) is 106 cm³/mol. The van der Waals surface area contributed by atoms with Crippen LogP contribution in [-0.4, -0.2) is 20.8 Å². The lowest BCUT2D eigenvalue weighted by Crippen LogP contribution is -2.31. The number of pyridine rings is 1. The highest BCUT2D eigenvalue weighted by Crippen LogP contribution is 2.24. The van der Waals surface area contributed by atoms with Crippen LogP contribution in [0.2, 0.25) is 10.0 Å². The molecule has 3 aromatic rings. The largest absolute Gasteiger partial charge is 0.332 e. The van der Waals surface area contributed by atoms with E-state index in [4.69, 9.17) is 23.2 Å². The monoisotopic (exact) mass is 405 g/mol. The van der Waals surface area contributed by atoms with Crippen LogP contribution in [0.5, 0.6) is 0 Å². The van der Waals surface area contributed by atoms with E-state index in [2.05, 4.69) is 9.97 Å². The Bertz CT molecular complexity index is 899. The number of halogens is 2. The van der Waals surface area contributed by atoms with Gasteiger partial charge >= 0.3 is 0 Å². The number of hydrogen-bond acceptors (Lipinski definition) is 4. The number of rotatable bonds is 6. The Labute approximate surface area is 166 Å². The quantitative estimate of drug-likeness (QED) is 0.584. The summed E-state index contributed by atoms with van der Waals surface area (Å²) in [6, 6.07) is 11.1. The molecule has 0 atom stereocenters. The van der Waals surface area contributed by atoms with Crippen molar-refractivity contribution in [3.63, 3.8) is 0 Å². The van der Waals surface area contributed by atoms with E-state index in [0.717, 1.165) is 22.0 Å². The summed E-state index contributed by atoms with van der Waals surface area (Å²) in [5.41, 5.74) is 2.53. The molecule has 26 heavy (non-hydrogen) atoms. The summed E-state index contributed by atoms with van der Waals surface area (Å²) in [7, 11) is 0. The smallest absolute Gasteiger partial charge is 0.229 e. The third-order valence-electron chi connectivity index (χ3n) is 3.79. The van der Waals surface area contributed by atoms with E-state index in [-0.39, 0.29) is 12.3 Å². The molecule has 134 valence electrons. The lowest BCUT2D eigenvalue weighted by atomic mass is 10.2. The van der Waals surface area contributed by atoms with E-state index < -0.39 is 0 Å². The molecule has 4 nitrogen and oxygen atoms in total. The first kappa shape index (κ1) is 18.8. The SMILES string of the molecule is Cc1nc(CC(=O)N(Cc2ccc(Cl)c(Cl)c2)Cc2ccccn2)cs1. The fourth-order valence-electron chi connectivity index (χ4n) is 2.53. The topological polar surface area (TPSA) is 46.1 Å². The minimum Gasteiger partial charge on any atom is -0.332 e. The molecule has 0 spiro atoms. The first-order valence-corrected chi connectivity index (χ1v) is 9.67. The molecule has 0 aliphatic carbocycles. The molecule has 2 heterocycles. The summed E-state index contributed by atoms with van der Waals surface area (Å²) >= 11 is 13.6. The molecule has 1 aromatic carbocycles. The first-order chi connectivity index (χ1) is 12.5. The predicted octanol–water partition coefficient (Wildman–Crippen LogP) is 4.92. The number of carbonyl (C=O) groups is 1. The van der Waals surface area contributed by atoms with Crippen molar-refractivity contribution in [3.8, 4) is 0 Å². The molecule has 0 unspecified atom stereocenters. The second-order valence-electron chi connectivity index (χ2n) is 5.85.